The molecule has 7 nitrogen and oxygen atoms in total. The van der Waals surface area contributed by atoms with Crippen LogP contribution >= 0.6 is 11.3 Å². The van der Waals surface area contributed by atoms with E-state index in [1.54, 1.807) is 48.8 Å². The lowest BCUT2D eigenvalue weighted by molar-refractivity contribution is -0.112. The molecule has 0 radical (unpaired) electrons. The van der Waals surface area contributed by atoms with Gasteiger partial charge in [-0.1, -0.05) is 0 Å². The van der Waals surface area contributed by atoms with Gasteiger partial charge in [-0.2, -0.15) is 5.26 Å². The van der Waals surface area contributed by atoms with Gasteiger partial charge in [0, 0.05) is 22.0 Å². The molecule has 0 aliphatic heterocycles. The highest BCUT2D eigenvalue weighted by Crippen LogP contribution is 2.39. The van der Waals surface area contributed by atoms with Crippen LogP contribution in [0.15, 0.2) is 35.9 Å². The van der Waals surface area contributed by atoms with Crippen molar-refractivity contribution in [1.29, 1.82) is 5.26 Å². The zero-order valence-corrected chi connectivity index (χ0v) is 21.8. The number of rotatable bonds is 7. The Hall–Kier alpha value is -3.83. The first-order chi connectivity index (χ1) is 17.4. The Labute approximate surface area is 215 Å². The largest absolute Gasteiger partial charge is 0.497 e. The Bertz CT molecular complexity index is 1370. The number of fused-ring (bicyclic) bond motifs is 1. The second kappa shape index (κ2) is 10.8. The zero-order valence-electron chi connectivity index (χ0n) is 20.9. The van der Waals surface area contributed by atoms with Crippen molar-refractivity contribution in [2.24, 2.45) is 0 Å². The standard InChI is InChI=1S/C28H29N3O4S/c1-5-35-28(33)25-23-8-6-7-9-24(23)36-27(25)31-17(2)14-19(18(31)3)15-20(16-29)26(32)30-21-10-12-22(34-4)13-11-21/h10-15H,5-9H2,1-4H3,(H,30,32). The van der Waals surface area contributed by atoms with E-state index in [9.17, 15) is 14.9 Å². The number of nitrogens with zero attached hydrogens (tertiary/aromatic N) is 2. The van der Waals surface area contributed by atoms with Crippen LogP contribution in [0.5, 0.6) is 5.75 Å². The van der Waals surface area contributed by atoms with Gasteiger partial charge in [-0.05, 0) is 94.0 Å². The van der Waals surface area contributed by atoms with Crippen LogP contribution < -0.4 is 10.1 Å². The van der Waals surface area contributed by atoms with Gasteiger partial charge in [-0.15, -0.1) is 11.3 Å². The highest BCUT2D eigenvalue weighted by molar-refractivity contribution is 7.15. The van der Waals surface area contributed by atoms with Crippen LogP contribution in [0.3, 0.4) is 0 Å². The molecular formula is C28H29N3O4S. The maximum absolute atomic E-state index is 13.0. The van der Waals surface area contributed by atoms with Gasteiger partial charge < -0.3 is 19.4 Å². The Balaban J connectivity index is 1.70. The highest BCUT2D eigenvalue weighted by Gasteiger charge is 2.28. The number of amides is 1. The van der Waals surface area contributed by atoms with Gasteiger partial charge in [0.1, 0.15) is 22.4 Å². The molecule has 186 valence electrons. The van der Waals surface area contributed by atoms with Crippen molar-refractivity contribution in [2.45, 2.75) is 46.5 Å². The number of nitrogens with one attached hydrogen (secondary N) is 1. The molecule has 8 heteroatoms. The van der Waals surface area contributed by atoms with E-state index >= 15 is 0 Å². The summed E-state index contributed by atoms with van der Waals surface area (Å²) in [6.45, 7) is 6.02. The maximum Gasteiger partial charge on any atom is 0.341 e. The SMILES string of the molecule is CCOC(=O)c1c(-n2c(C)cc(C=C(C#N)C(=O)Nc3ccc(OC)cc3)c2C)sc2c1CCCC2. The molecule has 0 unspecified atom stereocenters. The van der Waals surface area contributed by atoms with E-state index in [2.05, 4.69) is 5.32 Å². The van der Waals surface area contributed by atoms with Gasteiger partial charge in [-0.3, -0.25) is 4.79 Å². The molecule has 2 aromatic heterocycles. The van der Waals surface area contributed by atoms with Crippen molar-refractivity contribution in [1.82, 2.24) is 4.57 Å². The fourth-order valence-corrected chi connectivity index (χ4v) is 6.03. The monoisotopic (exact) mass is 503 g/mol. The van der Waals surface area contributed by atoms with Crippen LogP contribution in [0.2, 0.25) is 0 Å². The molecule has 3 aromatic rings. The minimum atomic E-state index is -0.494. The van der Waals surface area contributed by atoms with Crippen molar-refractivity contribution in [3.05, 3.63) is 68.9 Å². The van der Waals surface area contributed by atoms with E-state index in [-0.39, 0.29) is 11.5 Å². The van der Waals surface area contributed by atoms with Crippen molar-refractivity contribution in [3.63, 3.8) is 0 Å². The van der Waals surface area contributed by atoms with Gasteiger partial charge in [0.2, 0.25) is 0 Å². The average Bonchev–Trinajstić information content (AvgIpc) is 3.38. The molecule has 1 aromatic carbocycles. The topological polar surface area (TPSA) is 93.4 Å². The van der Waals surface area contributed by atoms with Gasteiger partial charge in [0.25, 0.3) is 5.91 Å². The molecule has 0 atom stereocenters. The zero-order chi connectivity index (χ0) is 25.8. The summed E-state index contributed by atoms with van der Waals surface area (Å²) in [7, 11) is 1.57. The maximum atomic E-state index is 13.0. The first-order valence-corrected chi connectivity index (χ1v) is 12.8. The number of carbonyl (C=O) groups is 2. The number of aromatic nitrogens is 1. The van der Waals surface area contributed by atoms with Crippen molar-refractivity contribution < 1.29 is 19.1 Å². The number of aryl methyl sites for hydroxylation is 2. The molecule has 1 amide bonds. The van der Waals surface area contributed by atoms with E-state index in [0.717, 1.165) is 53.2 Å². The minimum Gasteiger partial charge on any atom is -0.497 e. The average molecular weight is 504 g/mol. The first-order valence-electron chi connectivity index (χ1n) is 12.0. The number of hydrogen-bond acceptors (Lipinski definition) is 6. The molecule has 1 N–H and O–H groups in total. The molecule has 0 fully saturated rings. The predicted molar refractivity (Wildman–Crippen MR) is 141 cm³/mol. The number of thiophene rings is 1. The summed E-state index contributed by atoms with van der Waals surface area (Å²) in [6, 6.07) is 10.9. The normalized spacial score (nSPS) is 13.0. The highest BCUT2D eigenvalue weighted by atomic mass is 32.1. The van der Waals surface area contributed by atoms with Gasteiger partial charge in [-0.25, -0.2) is 4.79 Å². The quantitative estimate of drug-likeness (QED) is 0.251. The Morgan fingerprint density at radius 3 is 2.58 bits per heavy atom. The van der Waals surface area contributed by atoms with E-state index in [1.807, 2.05) is 37.5 Å². The predicted octanol–water partition coefficient (Wildman–Crippen LogP) is 5.77. The molecule has 4 rings (SSSR count). The smallest absolute Gasteiger partial charge is 0.341 e. The number of carbonyl (C=O) groups excluding carboxylic acids is 2. The Kier molecular flexibility index (Phi) is 7.61. The van der Waals surface area contributed by atoms with Gasteiger partial charge in [0.15, 0.2) is 0 Å². The number of methoxy groups -OCH3 is 1. The summed E-state index contributed by atoms with van der Waals surface area (Å²) in [5.41, 5.74) is 4.80. The van der Waals surface area contributed by atoms with Crippen LogP contribution in [0, 0.1) is 25.2 Å². The van der Waals surface area contributed by atoms with Crippen LogP contribution in [0.4, 0.5) is 5.69 Å². The second-order valence-electron chi connectivity index (χ2n) is 8.63. The molecule has 0 bridgehead atoms. The number of anilines is 1. The third kappa shape index (κ3) is 4.93. The number of ether oxygens (including phenoxy) is 2. The summed E-state index contributed by atoms with van der Waals surface area (Å²) < 4.78 is 12.6. The van der Waals surface area contributed by atoms with E-state index < -0.39 is 5.91 Å². The summed E-state index contributed by atoms with van der Waals surface area (Å²) in [4.78, 5) is 27.0. The summed E-state index contributed by atoms with van der Waals surface area (Å²) in [5, 5.41) is 13.3. The van der Waals surface area contributed by atoms with Gasteiger partial charge in [0.05, 0.1) is 19.3 Å². The summed E-state index contributed by atoms with van der Waals surface area (Å²) >= 11 is 1.63. The molecule has 2 heterocycles. The number of esters is 1. The number of hydrogen-bond donors (Lipinski definition) is 1. The molecule has 1 aliphatic rings. The fraction of sp³-hybridized carbons (Fsp3) is 0.321. The van der Waals surface area contributed by atoms with E-state index in [0.29, 0.717) is 23.6 Å². The molecule has 36 heavy (non-hydrogen) atoms. The lowest BCUT2D eigenvalue weighted by Gasteiger charge is -2.13. The van der Waals surface area contributed by atoms with Gasteiger partial charge >= 0.3 is 5.97 Å². The first kappa shape index (κ1) is 25.3. The number of nitriles is 1. The minimum absolute atomic E-state index is 0.0119. The molecule has 0 saturated carbocycles. The third-order valence-corrected chi connectivity index (χ3v) is 7.60. The lowest BCUT2D eigenvalue weighted by Crippen LogP contribution is -2.13. The fourth-order valence-electron chi connectivity index (χ4n) is 4.55. The second-order valence-corrected chi connectivity index (χ2v) is 9.71. The Morgan fingerprint density at radius 1 is 1.19 bits per heavy atom. The van der Waals surface area contributed by atoms with Crippen molar-refractivity contribution >= 4 is 35.0 Å². The molecule has 0 spiro atoms. The van der Waals surface area contributed by atoms with Crippen molar-refractivity contribution in [2.75, 3.05) is 19.0 Å². The summed E-state index contributed by atoms with van der Waals surface area (Å²) in [6.07, 6.45) is 5.60. The van der Waals surface area contributed by atoms with Crippen LogP contribution in [0.25, 0.3) is 11.1 Å². The summed E-state index contributed by atoms with van der Waals surface area (Å²) in [5.74, 6) is -0.117. The van der Waals surface area contributed by atoms with E-state index in [4.69, 9.17) is 9.47 Å². The molecule has 0 saturated heterocycles. The third-order valence-electron chi connectivity index (χ3n) is 6.32. The van der Waals surface area contributed by atoms with Crippen molar-refractivity contribution in [3.8, 4) is 16.8 Å². The van der Waals surface area contributed by atoms with Crippen LogP contribution in [0.1, 0.15) is 57.5 Å². The molecule has 1 aliphatic carbocycles. The Morgan fingerprint density at radius 2 is 1.92 bits per heavy atom. The van der Waals surface area contributed by atoms with E-state index in [1.165, 1.54) is 4.88 Å². The molecular weight excluding hydrogens is 474 g/mol. The number of benzene rings is 1. The van der Waals surface area contributed by atoms with Crippen LogP contribution in [-0.4, -0.2) is 30.2 Å². The van der Waals surface area contributed by atoms with Crippen LogP contribution in [-0.2, 0) is 22.4 Å². The lowest BCUT2D eigenvalue weighted by atomic mass is 9.95.